The molecule has 9 heteroatoms. The quantitative estimate of drug-likeness (QED) is 0.407. The molecule has 1 saturated heterocycles. The maximum absolute atomic E-state index is 13.5. The van der Waals surface area contributed by atoms with E-state index in [4.69, 9.17) is 9.84 Å². The Kier molecular flexibility index (Phi) is 7.37. The second-order valence-electron chi connectivity index (χ2n) is 10.7. The second-order valence-corrected chi connectivity index (χ2v) is 10.7. The molecule has 0 aliphatic carbocycles. The largest absolute Gasteiger partial charge is 0.491 e. The topological polar surface area (TPSA) is 68.2 Å². The Morgan fingerprint density at radius 2 is 1.84 bits per heavy atom. The molecule has 6 nitrogen and oxygen atoms in total. The van der Waals surface area contributed by atoms with Gasteiger partial charge in [-0.1, -0.05) is 18.2 Å². The first kappa shape index (κ1) is 26.7. The van der Waals surface area contributed by atoms with Gasteiger partial charge in [0.05, 0.1) is 28.9 Å². The van der Waals surface area contributed by atoms with Gasteiger partial charge < -0.3 is 10.1 Å². The van der Waals surface area contributed by atoms with Crippen LogP contribution in [0, 0.1) is 0 Å². The molecule has 2 heterocycles. The fraction of sp³-hybridized carbons (Fsp3) is 0.429. The van der Waals surface area contributed by atoms with E-state index in [2.05, 4.69) is 10.6 Å². The highest BCUT2D eigenvalue weighted by atomic mass is 19.4. The molecule has 37 heavy (non-hydrogen) atoms. The van der Waals surface area contributed by atoms with Crippen molar-refractivity contribution in [1.82, 2.24) is 15.1 Å². The zero-order valence-corrected chi connectivity index (χ0v) is 21.6. The highest BCUT2D eigenvalue weighted by Crippen LogP contribution is 2.41. The molecule has 1 aromatic heterocycles. The first-order valence-corrected chi connectivity index (χ1v) is 12.4. The van der Waals surface area contributed by atoms with Crippen molar-refractivity contribution in [2.24, 2.45) is 0 Å². The summed E-state index contributed by atoms with van der Waals surface area (Å²) in [6.07, 6.45) is -2.22. The minimum Gasteiger partial charge on any atom is -0.491 e. The van der Waals surface area contributed by atoms with Crippen LogP contribution in [0.5, 0.6) is 5.75 Å². The average Bonchev–Trinajstić information content (AvgIpc) is 3.46. The lowest BCUT2D eigenvalue weighted by molar-refractivity contribution is -0.137. The number of aromatic nitrogens is 2. The zero-order chi connectivity index (χ0) is 27.0. The summed E-state index contributed by atoms with van der Waals surface area (Å²) >= 11 is 0. The van der Waals surface area contributed by atoms with Crippen molar-refractivity contribution in [2.45, 2.75) is 76.9 Å². The minimum atomic E-state index is -4.46. The lowest BCUT2D eigenvalue weighted by Crippen LogP contribution is -2.36. The predicted octanol–water partition coefficient (Wildman–Crippen LogP) is 6.27. The van der Waals surface area contributed by atoms with E-state index in [1.54, 1.807) is 24.3 Å². The number of hydrogen-bond acceptors (Lipinski definition) is 4. The van der Waals surface area contributed by atoms with Gasteiger partial charge in [-0.3, -0.25) is 14.8 Å². The standard InChI is InChI=1S/C28H33F3N4O2/c1-17(2)37-21-11-7-10-20(15-21)32-26(36)24-16-22(23-12-13-35(34-23)27(3,4)5)25(33-24)18-8-6-9-19(14-18)28(29,30)31/h6-15,17,22,24-25,33H,16H2,1-5H3,(H,32,36)/t22-,24-,25-/m0/s1. The Morgan fingerprint density at radius 1 is 1.11 bits per heavy atom. The molecule has 0 saturated carbocycles. The maximum atomic E-state index is 13.5. The first-order valence-electron chi connectivity index (χ1n) is 12.4. The summed E-state index contributed by atoms with van der Waals surface area (Å²) in [5, 5.41) is 10.9. The monoisotopic (exact) mass is 514 g/mol. The van der Waals surface area contributed by atoms with Crippen molar-refractivity contribution in [3.63, 3.8) is 0 Å². The number of nitrogens with zero attached hydrogens (tertiary/aromatic N) is 2. The SMILES string of the molecule is CC(C)Oc1cccc(NC(=O)[C@@H]2C[C@@H](c3ccn(C(C)(C)C)n3)[C@H](c3cccc(C(F)(F)F)c3)N2)c1. The van der Waals surface area contributed by atoms with Gasteiger partial charge in [-0.15, -0.1) is 0 Å². The van der Waals surface area contributed by atoms with E-state index in [1.165, 1.54) is 6.07 Å². The fourth-order valence-electron chi connectivity index (χ4n) is 4.56. The summed E-state index contributed by atoms with van der Waals surface area (Å²) in [7, 11) is 0. The van der Waals surface area contributed by atoms with E-state index in [0.29, 0.717) is 23.4 Å². The average molecular weight is 515 g/mol. The Balaban J connectivity index is 1.62. The van der Waals surface area contributed by atoms with Crippen molar-refractivity contribution in [1.29, 1.82) is 0 Å². The van der Waals surface area contributed by atoms with Gasteiger partial charge in [-0.25, -0.2) is 0 Å². The van der Waals surface area contributed by atoms with Gasteiger partial charge in [-0.05, 0) is 76.9 Å². The summed E-state index contributed by atoms with van der Waals surface area (Å²) in [5.41, 5.74) is 0.803. The number of alkyl halides is 3. The van der Waals surface area contributed by atoms with Crippen LogP contribution >= 0.6 is 0 Å². The highest BCUT2D eigenvalue weighted by molar-refractivity contribution is 5.95. The molecule has 1 fully saturated rings. The van der Waals surface area contributed by atoms with Crippen LogP contribution in [-0.4, -0.2) is 27.8 Å². The second kappa shape index (κ2) is 10.2. The molecule has 1 aliphatic rings. The molecular formula is C28H33F3N4O2. The van der Waals surface area contributed by atoms with Crippen LogP contribution < -0.4 is 15.4 Å². The number of hydrogen-bond donors (Lipinski definition) is 2. The van der Waals surface area contributed by atoms with Gasteiger partial charge in [0, 0.05) is 29.9 Å². The molecule has 2 N–H and O–H groups in total. The van der Waals surface area contributed by atoms with E-state index in [9.17, 15) is 18.0 Å². The predicted molar refractivity (Wildman–Crippen MR) is 137 cm³/mol. The molecule has 3 atom stereocenters. The Labute approximate surface area is 215 Å². The summed E-state index contributed by atoms with van der Waals surface area (Å²) in [6.45, 7) is 9.91. The molecule has 1 aliphatic heterocycles. The van der Waals surface area contributed by atoms with Crippen molar-refractivity contribution in [2.75, 3.05) is 5.32 Å². The molecular weight excluding hydrogens is 481 g/mol. The van der Waals surface area contributed by atoms with Crippen LogP contribution in [0.1, 0.15) is 69.8 Å². The van der Waals surface area contributed by atoms with Gasteiger partial charge in [0.15, 0.2) is 0 Å². The molecule has 4 rings (SSSR count). The number of carbonyl (C=O) groups excluding carboxylic acids is 1. The number of halogens is 3. The van der Waals surface area contributed by atoms with Crippen LogP contribution in [-0.2, 0) is 16.5 Å². The van der Waals surface area contributed by atoms with Crippen molar-refractivity contribution in [3.8, 4) is 5.75 Å². The summed E-state index contributed by atoms with van der Waals surface area (Å²) < 4.78 is 47.9. The van der Waals surface area contributed by atoms with Gasteiger partial charge in [-0.2, -0.15) is 18.3 Å². The summed E-state index contributed by atoms with van der Waals surface area (Å²) in [6, 6.07) is 13.1. The smallest absolute Gasteiger partial charge is 0.416 e. The van der Waals surface area contributed by atoms with E-state index < -0.39 is 23.8 Å². The Morgan fingerprint density at radius 3 is 2.49 bits per heavy atom. The van der Waals surface area contributed by atoms with E-state index in [0.717, 1.165) is 17.8 Å². The maximum Gasteiger partial charge on any atom is 0.416 e. The van der Waals surface area contributed by atoms with Crippen LogP contribution in [0.2, 0.25) is 0 Å². The lowest BCUT2D eigenvalue weighted by Gasteiger charge is -2.21. The number of benzene rings is 2. The lowest BCUT2D eigenvalue weighted by atomic mass is 9.90. The Hall–Kier alpha value is -3.33. The van der Waals surface area contributed by atoms with Crippen LogP contribution in [0.25, 0.3) is 0 Å². The van der Waals surface area contributed by atoms with Crippen LogP contribution in [0.3, 0.4) is 0 Å². The molecule has 3 aromatic rings. The summed E-state index contributed by atoms with van der Waals surface area (Å²) in [4.78, 5) is 13.3. The number of ether oxygens (including phenoxy) is 1. The minimum absolute atomic E-state index is 0.00988. The van der Waals surface area contributed by atoms with Gasteiger partial charge >= 0.3 is 6.18 Å². The van der Waals surface area contributed by atoms with Crippen molar-refractivity contribution >= 4 is 11.6 Å². The van der Waals surface area contributed by atoms with Gasteiger partial charge in [0.2, 0.25) is 5.91 Å². The van der Waals surface area contributed by atoms with Gasteiger partial charge in [0.25, 0.3) is 0 Å². The molecule has 198 valence electrons. The molecule has 0 unspecified atom stereocenters. The number of anilines is 1. The van der Waals surface area contributed by atoms with E-state index in [-0.39, 0.29) is 23.5 Å². The number of carbonyl (C=O) groups is 1. The number of amides is 1. The van der Waals surface area contributed by atoms with Gasteiger partial charge in [0.1, 0.15) is 5.75 Å². The Bertz CT molecular complexity index is 1250. The van der Waals surface area contributed by atoms with E-state index in [1.807, 2.05) is 57.6 Å². The first-order chi connectivity index (χ1) is 17.3. The van der Waals surface area contributed by atoms with Crippen molar-refractivity contribution in [3.05, 3.63) is 77.6 Å². The number of nitrogens with one attached hydrogen (secondary N) is 2. The number of rotatable bonds is 6. The molecule has 2 aromatic carbocycles. The third kappa shape index (κ3) is 6.33. The van der Waals surface area contributed by atoms with Crippen LogP contribution in [0.15, 0.2) is 60.8 Å². The molecule has 0 bridgehead atoms. The fourth-order valence-corrected chi connectivity index (χ4v) is 4.56. The highest BCUT2D eigenvalue weighted by Gasteiger charge is 2.41. The van der Waals surface area contributed by atoms with E-state index >= 15 is 0 Å². The third-order valence-electron chi connectivity index (χ3n) is 6.31. The molecule has 0 spiro atoms. The van der Waals surface area contributed by atoms with Crippen molar-refractivity contribution < 1.29 is 22.7 Å². The normalized spacial score (nSPS) is 20.3. The third-order valence-corrected chi connectivity index (χ3v) is 6.31. The molecule has 1 amide bonds. The molecule has 0 radical (unpaired) electrons. The summed E-state index contributed by atoms with van der Waals surface area (Å²) in [5.74, 6) is 0.0782. The van der Waals surface area contributed by atoms with Crippen LogP contribution in [0.4, 0.5) is 18.9 Å². The zero-order valence-electron chi connectivity index (χ0n) is 21.6.